The van der Waals surface area contributed by atoms with Gasteiger partial charge in [0.2, 0.25) is 0 Å². The molecular formula is C17H28N2O2. The third-order valence-electron chi connectivity index (χ3n) is 3.34. The molecule has 0 aliphatic rings. The predicted molar refractivity (Wildman–Crippen MR) is 86.2 cm³/mol. The van der Waals surface area contributed by atoms with Gasteiger partial charge in [0.1, 0.15) is 0 Å². The molecule has 0 unspecified atom stereocenters. The van der Waals surface area contributed by atoms with Crippen LogP contribution in [0.3, 0.4) is 0 Å². The molecule has 1 N–H and O–H groups in total. The van der Waals surface area contributed by atoms with Crippen molar-refractivity contribution >= 4 is 5.97 Å². The van der Waals surface area contributed by atoms with Crippen molar-refractivity contribution in [3.63, 3.8) is 0 Å². The summed E-state index contributed by atoms with van der Waals surface area (Å²) in [5, 5.41) is 3.50. The lowest BCUT2D eigenvalue weighted by Crippen LogP contribution is -2.37. The molecule has 0 amide bonds. The van der Waals surface area contributed by atoms with Gasteiger partial charge in [-0.15, -0.1) is 0 Å². The number of carbonyl (C=O) groups is 1. The van der Waals surface area contributed by atoms with E-state index in [1.165, 1.54) is 7.11 Å². The van der Waals surface area contributed by atoms with Crippen molar-refractivity contribution in [1.29, 1.82) is 0 Å². The van der Waals surface area contributed by atoms with E-state index in [-0.39, 0.29) is 11.4 Å². The lowest BCUT2D eigenvalue weighted by atomic mass is 9.92. The van der Waals surface area contributed by atoms with Crippen molar-refractivity contribution in [3.8, 4) is 0 Å². The fourth-order valence-corrected chi connectivity index (χ4v) is 2.58. The Kier molecular flexibility index (Phi) is 6.85. The van der Waals surface area contributed by atoms with Crippen LogP contribution in [-0.2, 0) is 22.5 Å². The highest BCUT2D eigenvalue weighted by Gasteiger charge is 2.18. The Morgan fingerprint density at radius 1 is 1.24 bits per heavy atom. The number of benzene rings is 1. The van der Waals surface area contributed by atoms with Crippen LogP contribution in [0, 0.1) is 5.41 Å². The van der Waals surface area contributed by atoms with Gasteiger partial charge in [0.05, 0.1) is 13.5 Å². The maximum atomic E-state index is 11.4. The van der Waals surface area contributed by atoms with Gasteiger partial charge in [-0.1, -0.05) is 38.1 Å². The Bertz CT molecular complexity index is 456. The highest BCUT2D eigenvalue weighted by molar-refractivity contribution is 5.72. The number of esters is 1. The van der Waals surface area contributed by atoms with Crippen molar-refractivity contribution in [1.82, 2.24) is 10.2 Å². The zero-order chi connectivity index (χ0) is 15.9. The van der Waals surface area contributed by atoms with Crippen LogP contribution in [-0.4, -0.2) is 45.2 Å². The van der Waals surface area contributed by atoms with E-state index in [1.54, 1.807) is 0 Å². The molecule has 21 heavy (non-hydrogen) atoms. The molecule has 0 radical (unpaired) electrons. The van der Waals surface area contributed by atoms with Gasteiger partial charge in [-0.05, 0) is 30.6 Å². The summed E-state index contributed by atoms with van der Waals surface area (Å²) in [6, 6.07) is 8.00. The van der Waals surface area contributed by atoms with E-state index in [4.69, 9.17) is 4.74 Å². The zero-order valence-corrected chi connectivity index (χ0v) is 13.9. The van der Waals surface area contributed by atoms with Crippen molar-refractivity contribution < 1.29 is 9.53 Å². The minimum atomic E-state index is -0.199. The van der Waals surface area contributed by atoms with Crippen LogP contribution >= 0.6 is 0 Å². The van der Waals surface area contributed by atoms with E-state index in [2.05, 4.69) is 44.2 Å². The highest BCUT2D eigenvalue weighted by Crippen LogP contribution is 2.15. The summed E-state index contributed by atoms with van der Waals surface area (Å²) in [6.07, 6.45) is 0.329. The number of methoxy groups -OCH3 is 1. The maximum absolute atomic E-state index is 11.4. The first-order chi connectivity index (χ1) is 9.84. The fourth-order valence-electron chi connectivity index (χ4n) is 2.58. The first kappa shape index (κ1) is 17.7. The topological polar surface area (TPSA) is 41.6 Å². The molecule has 0 saturated carbocycles. The minimum absolute atomic E-state index is 0.199. The Morgan fingerprint density at radius 2 is 1.86 bits per heavy atom. The summed E-state index contributed by atoms with van der Waals surface area (Å²) in [5.41, 5.74) is 2.40. The number of carbonyl (C=O) groups excluding carboxylic acids is 1. The molecule has 0 saturated heterocycles. The van der Waals surface area contributed by atoms with Crippen LogP contribution in [0.1, 0.15) is 25.0 Å². The lowest BCUT2D eigenvalue weighted by Gasteiger charge is -2.28. The summed E-state index contributed by atoms with van der Waals surface area (Å²) in [7, 11) is 5.60. The standard InChI is InChI=1S/C17H28N2O2/c1-17(2,13-19(3)4)12-18-11-15-9-7-6-8-14(15)10-16(20)21-5/h6-9,18H,10-13H2,1-5H3. The van der Waals surface area contributed by atoms with E-state index in [0.717, 1.165) is 30.8 Å². The van der Waals surface area contributed by atoms with Gasteiger partial charge >= 0.3 is 5.97 Å². The van der Waals surface area contributed by atoms with Crippen LogP contribution in [0.4, 0.5) is 0 Å². The quantitative estimate of drug-likeness (QED) is 0.745. The molecular weight excluding hydrogens is 264 g/mol. The van der Waals surface area contributed by atoms with Gasteiger partial charge in [-0.3, -0.25) is 4.79 Å². The third-order valence-corrected chi connectivity index (χ3v) is 3.34. The molecule has 1 aromatic rings. The predicted octanol–water partition coefficient (Wildman–Crippen LogP) is 2.08. The number of ether oxygens (including phenoxy) is 1. The number of rotatable bonds is 8. The lowest BCUT2D eigenvalue weighted by molar-refractivity contribution is -0.139. The van der Waals surface area contributed by atoms with Crippen molar-refractivity contribution in [2.24, 2.45) is 5.41 Å². The molecule has 0 spiro atoms. The SMILES string of the molecule is COC(=O)Cc1ccccc1CNCC(C)(C)CN(C)C. The number of hydrogen-bond acceptors (Lipinski definition) is 4. The molecule has 0 aliphatic heterocycles. The normalized spacial score (nSPS) is 11.7. The number of nitrogens with one attached hydrogen (secondary N) is 1. The number of hydrogen-bond donors (Lipinski definition) is 1. The molecule has 0 aromatic heterocycles. The molecule has 118 valence electrons. The van der Waals surface area contributed by atoms with E-state index in [9.17, 15) is 4.79 Å². The first-order valence-electron chi connectivity index (χ1n) is 7.33. The maximum Gasteiger partial charge on any atom is 0.309 e. The van der Waals surface area contributed by atoms with Crippen LogP contribution in [0.5, 0.6) is 0 Å². The summed E-state index contributed by atoms with van der Waals surface area (Å²) < 4.78 is 4.75. The molecule has 0 bridgehead atoms. The van der Waals surface area contributed by atoms with Crippen LogP contribution in [0.2, 0.25) is 0 Å². The zero-order valence-electron chi connectivity index (χ0n) is 13.9. The average Bonchev–Trinajstić information content (AvgIpc) is 2.38. The molecule has 0 fully saturated rings. The van der Waals surface area contributed by atoms with E-state index in [0.29, 0.717) is 6.42 Å². The van der Waals surface area contributed by atoms with Crippen LogP contribution < -0.4 is 5.32 Å². The molecule has 1 rings (SSSR count). The second-order valence-electron chi connectivity index (χ2n) is 6.53. The van der Waals surface area contributed by atoms with Gasteiger partial charge in [0, 0.05) is 19.6 Å². The smallest absolute Gasteiger partial charge is 0.309 e. The Balaban J connectivity index is 2.57. The first-order valence-corrected chi connectivity index (χ1v) is 7.33. The molecule has 4 nitrogen and oxygen atoms in total. The van der Waals surface area contributed by atoms with Gasteiger partial charge in [0.25, 0.3) is 0 Å². The monoisotopic (exact) mass is 292 g/mol. The molecule has 0 aliphatic carbocycles. The number of nitrogens with zero attached hydrogens (tertiary/aromatic N) is 1. The van der Waals surface area contributed by atoms with Gasteiger partial charge in [-0.25, -0.2) is 0 Å². The Morgan fingerprint density at radius 3 is 2.43 bits per heavy atom. The van der Waals surface area contributed by atoms with Crippen LogP contribution in [0.15, 0.2) is 24.3 Å². The summed E-state index contributed by atoms with van der Waals surface area (Å²) >= 11 is 0. The van der Waals surface area contributed by atoms with Gasteiger partial charge < -0.3 is 15.0 Å². The van der Waals surface area contributed by atoms with Gasteiger partial charge in [-0.2, -0.15) is 0 Å². The average molecular weight is 292 g/mol. The van der Waals surface area contributed by atoms with E-state index < -0.39 is 0 Å². The largest absolute Gasteiger partial charge is 0.469 e. The Hall–Kier alpha value is -1.39. The summed E-state index contributed by atoms with van der Waals surface area (Å²) in [6.45, 7) is 7.23. The Labute approximate surface area is 128 Å². The van der Waals surface area contributed by atoms with Crippen molar-refractivity contribution in [3.05, 3.63) is 35.4 Å². The van der Waals surface area contributed by atoms with Gasteiger partial charge in [0.15, 0.2) is 0 Å². The third kappa shape index (κ3) is 6.74. The molecule has 4 heteroatoms. The second kappa shape index (κ2) is 8.15. The van der Waals surface area contributed by atoms with Crippen molar-refractivity contribution in [2.75, 3.05) is 34.3 Å². The summed E-state index contributed by atoms with van der Waals surface area (Å²) in [5.74, 6) is -0.199. The fraction of sp³-hybridized carbons (Fsp3) is 0.588. The highest BCUT2D eigenvalue weighted by atomic mass is 16.5. The molecule has 1 aromatic carbocycles. The van der Waals surface area contributed by atoms with Crippen LogP contribution in [0.25, 0.3) is 0 Å². The summed E-state index contributed by atoms with van der Waals surface area (Å²) in [4.78, 5) is 13.6. The van der Waals surface area contributed by atoms with E-state index in [1.807, 2.05) is 18.2 Å². The second-order valence-corrected chi connectivity index (χ2v) is 6.53. The molecule has 0 atom stereocenters. The van der Waals surface area contributed by atoms with Crippen molar-refractivity contribution in [2.45, 2.75) is 26.8 Å². The van der Waals surface area contributed by atoms with E-state index >= 15 is 0 Å². The molecule has 0 heterocycles. The minimum Gasteiger partial charge on any atom is -0.469 e.